The minimum atomic E-state index is -0.450. The van der Waals surface area contributed by atoms with Gasteiger partial charge in [0, 0.05) is 21.8 Å². The first kappa shape index (κ1) is 15.8. The van der Waals surface area contributed by atoms with Crippen LogP contribution in [0.2, 0.25) is 5.02 Å². The molecule has 0 amide bonds. The van der Waals surface area contributed by atoms with Crippen LogP contribution in [0.5, 0.6) is 0 Å². The van der Waals surface area contributed by atoms with Crippen molar-refractivity contribution in [1.82, 2.24) is 5.01 Å². The predicted octanol–water partition coefficient (Wildman–Crippen LogP) is 2.98. The molecule has 1 aromatic carbocycles. The molecule has 0 bridgehead atoms. The zero-order valence-electron chi connectivity index (χ0n) is 12.5. The van der Waals surface area contributed by atoms with Crippen molar-refractivity contribution in [2.45, 2.75) is 5.50 Å². The molecule has 3 rings (SSSR count). The third-order valence-corrected chi connectivity index (χ3v) is 4.77. The SMILES string of the molecule is CO/C=C(\C(=O)OC)C1=CN2N=CN(c3ccc(Cl)cc3)C2S1. The highest BCUT2D eigenvalue weighted by Gasteiger charge is 2.37. The highest BCUT2D eigenvalue weighted by atomic mass is 35.5. The van der Waals surface area contributed by atoms with Gasteiger partial charge in [0.05, 0.1) is 20.5 Å². The Labute approximate surface area is 143 Å². The second-order valence-corrected chi connectivity index (χ2v) is 6.22. The Kier molecular flexibility index (Phi) is 4.49. The van der Waals surface area contributed by atoms with Crippen LogP contribution in [0.25, 0.3) is 0 Å². The number of ether oxygens (including phenoxy) is 2. The van der Waals surface area contributed by atoms with Crippen LogP contribution in [0.1, 0.15) is 0 Å². The summed E-state index contributed by atoms with van der Waals surface area (Å²) < 4.78 is 9.78. The standard InChI is InChI=1S/C15H14ClN3O3S/c1-21-8-12(14(20)22-2)13-7-19-15(23-13)18(9-17-19)11-5-3-10(16)4-6-11/h3-9,15H,1-2H3/b12-8-. The predicted molar refractivity (Wildman–Crippen MR) is 90.8 cm³/mol. The smallest absolute Gasteiger partial charge is 0.342 e. The molecule has 1 unspecified atom stereocenters. The Morgan fingerprint density at radius 3 is 2.74 bits per heavy atom. The summed E-state index contributed by atoms with van der Waals surface area (Å²) in [6.07, 6.45) is 4.92. The molecule has 2 aliphatic heterocycles. The van der Waals surface area contributed by atoms with E-state index < -0.39 is 5.97 Å². The fourth-order valence-electron chi connectivity index (χ4n) is 2.20. The third-order valence-electron chi connectivity index (χ3n) is 3.29. The number of rotatable bonds is 4. The lowest BCUT2D eigenvalue weighted by atomic mass is 10.3. The van der Waals surface area contributed by atoms with Gasteiger partial charge in [0.1, 0.15) is 11.9 Å². The average Bonchev–Trinajstić information content (AvgIpc) is 3.13. The number of carbonyl (C=O) groups excluding carboxylic acids is 1. The van der Waals surface area contributed by atoms with Gasteiger partial charge in [-0.1, -0.05) is 23.4 Å². The molecule has 0 fully saturated rings. The molecule has 23 heavy (non-hydrogen) atoms. The molecule has 0 aromatic heterocycles. The second-order valence-electron chi connectivity index (χ2n) is 4.69. The van der Waals surface area contributed by atoms with Crippen molar-refractivity contribution in [1.29, 1.82) is 0 Å². The van der Waals surface area contributed by atoms with Crippen molar-refractivity contribution in [2.75, 3.05) is 19.1 Å². The zero-order valence-corrected chi connectivity index (χ0v) is 14.0. The summed E-state index contributed by atoms with van der Waals surface area (Å²) in [7, 11) is 2.83. The van der Waals surface area contributed by atoms with E-state index in [1.54, 1.807) is 17.5 Å². The normalized spacial score (nSPS) is 19.7. The van der Waals surface area contributed by atoms with Crippen LogP contribution in [0.4, 0.5) is 5.69 Å². The van der Waals surface area contributed by atoms with Crippen LogP contribution in [0.15, 0.2) is 52.3 Å². The van der Waals surface area contributed by atoms with Gasteiger partial charge in [0.2, 0.25) is 0 Å². The van der Waals surface area contributed by atoms with Crippen LogP contribution in [0, 0.1) is 0 Å². The molecule has 8 heteroatoms. The first-order chi connectivity index (χ1) is 11.1. The number of nitrogens with zero attached hydrogens (tertiary/aromatic N) is 3. The number of hydrazone groups is 1. The summed E-state index contributed by atoms with van der Waals surface area (Å²) in [6, 6.07) is 7.49. The van der Waals surface area contributed by atoms with E-state index in [0.29, 0.717) is 10.6 Å². The van der Waals surface area contributed by atoms with E-state index in [9.17, 15) is 4.79 Å². The Morgan fingerprint density at radius 2 is 2.09 bits per heavy atom. The van der Waals surface area contributed by atoms with Crippen molar-refractivity contribution in [3.8, 4) is 0 Å². The highest BCUT2D eigenvalue weighted by Crippen LogP contribution is 2.42. The van der Waals surface area contributed by atoms with E-state index in [4.69, 9.17) is 21.1 Å². The summed E-state index contributed by atoms with van der Waals surface area (Å²) in [5, 5.41) is 6.80. The lowest BCUT2D eigenvalue weighted by molar-refractivity contribution is -0.135. The monoisotopic (exact) mass is 351 g/mol. The van der Waals surface area contributed by atoms with E-state index >= 15 is 0 Å². The molecule has 0 aliphatic carbocycles. The Balaban J connectivity index is 1.82. The maximum Gasteiger partial charge on any atom is 0.342 e. The number of anilines is 1. The molecule has 0 saturated heterocycles. The van der Waals surface area contributed by atoms with Crippen molar-refractivity contribution in [2.24, 2.45) is 5.10 Å². The fraction of sp³-hybridized carbons (Fsp3) is 0.200. The molecule has 0 radical (unpaired) electrons. The number of hydrogen-bond acceptors (Lipinski definition) is 7. The van der Waals surface area contributed by atoms with E-state index in [1.807, 2.05) is 29.2 Å². The van der Waals surface area contributed by atoms with Gasteiger partial charge in [0.25, 0.3) is 0 Å². The number of halogens is 1. The van der Waals surface area contributed by atoms with E-state index in [2.05, 4.69) is 5.10 Å². The summed E-state index contributed by atoms with van der Waals surface area (Å²) in [5.41, 5.74) is 1.22. The Hall–Kier alpha value is -2.12. The quantitative estimate of drug-likeness (QED) is 0.472. The van der Waals surface area contributed by atoms with Crippen molar-refractivity contribution in [3.05, 3.63) is 52.2 Å². The molecule has 0 spiro atoms. The van der Waals surface area contributed by atoms with Crippen LogP contribution in [0.3, 0.4) is 0 Å². The van der Waals surface area contributed by atoms with Crippen LogP contribution < -0.4 is 4.90 Å². The van der Waals surface area contributed by atoms with Gasteiger partial charge < -0.3 is 9.47 Å². The molecule has 1 aromatic rings. The van der Waals surface area contributed by atoms with Crippen molar-refractivity contribution >= 4 is 41.4 Å². The number of benzene rings is 1. The molecule has 0 saturated carbocycles. The second kappa shape index (κ2) is 6.55. The van der Waals surface area contributed by atoms with Gasteiger partial charge in [-0.2, -0.15) is 5.10 Å². The fourth-order valence-corrected chi connectivity index (χ4v) is 3.50. The first-order valence-corrected chi connectivity index (χ1v) is 7.96. The molecular weight excluding hydrogens is 338 g/mol. The van der Waals surface area contributed by atoms with Crippen molar-refractivity contribution < 1.29 is 14.3 Å². The van der Waals surface area contributed by atoms with Gasteiger partial charge in [0.15, 0.2) is 5.50 Å². The maximum absolute atomic E-state index is 11.9. The summed E-state index contributed by atoms with van der Waals surface area (Å²) >= 11 is 7.42. The Bertz CT molecular complexity index is 702. The number of methoxy groups -OCH3 is 2. The zero-order chi connectivity index (χ0) is 16.4. The first-order valence-electron chi connectivity index (χ1n) is 6.70. The maximum atomic E-state index is 11.9. The molecule has 1 atom stereocenters. The van der Waals surface area contributed by atoms with Crippen LogP contribution >= 0.6 is 23.4 Å². The Morgan fingerprint density at radius 1 is 1.35 bits per heavy atom. The van der Waals surface area contributed by atoms with Crippen molar-refractivity contribution in [3.63, 3.8) is 0 Å². The number of thioether (sulfide) groups is 1. The third kappa shape index (κ3) is 3.02. The van der Waals surface area contributed by atoms with Gasteiger partial charge in [-0.25, -0.2) is 9.80 Å². The molecule has 2 aliphatic rings. The largest absolute Gasteiger partial charge is 0.503 e. The number of esters is 1. The van der Waals surface area contributed by atoms with Gasteiger partial charge in [-0.3, -0.25) is 4.90 Å². The van der Waals surface area contributed by atoms with Gasteiger partial charge in [-0.05, 0) is 24.3 Å². The molecule has 120 valence electrons. The molecule has 6 nitrogen and oxygen atoms in total. The lowest BCUT2D eigenvalue weighted by Crippen LogP contribution is -2.32. The molecule has 0 N–H and O–H groups in total. The minimum Gasteiger partial charge on any atom is -0.503 e. The number of hydrogen-bond donors (Lipinski definition) is 0. The highest BCUT2D eigenvalue weighted by molar-refractivity contribution is 8.04. The average molecular weight is 352 g/mol. The number of carbonyl (C=O) groups is 1. The molecular formula is C15H14ClN3O3S. The van der Waals surface area contributed by atoms with E-state index in [1.165, 1.54) is 32.2 Å². The molecule has 2 heterocycles. The summed E-state index contributed by atoms with van der Waals surface area (Å²) in [6.45, 7) is 0. The topological polar surface area (TPSA) is 54.4 Å². The van der Waals surface area contributed by atoms with E-state index in [-0.39, 0.29) is 5.50 Å². The minimum absolute atomic E-state index is 0.101. The summed E-state index contributed by atoms with van der Waals surface area (Å²) in [5.74, 6) is -0.450. The van der Waals surface area contributed by atoms with Crippen LogP contribution in [-0.4, -0.2) is 37.0 Å². The van der Waals surface area contributed by atoms with Crippen LogP contribution in [-0.2, 0) is 14.3 Å². The van der Waals surface area contributed by atoms with Gasteiger partial charge in [-0.15, -0.1) is 0 Å². The van der Waals surface area contributed by atoms with E-state index in [0.717, 1.165) is 10.6 Å². The summed E-state index contributed by atoms with van der Waals surface area (Å²) in [4.78, 5) is 14.6. The lowest BCUT2D eigenvalue weighted by Gasteiger charge is -2.23. The number of fused-ring (bicyclic) bond motifs is 1. The van der Waals surface area contributed by atoms with Gasteiger partial charge >= 0.3 is 5.97 Å².